The zero-order valence-corrected chi connectivity index (χ0v) is 36.7. The lowest BCUT2D eigenvalue weighted by molar-refractivity contribution is 0.483. The van der Waals surface area contributed by atoms with Crippen molar-refractivity contribution in [3.8, 4) is 79.0 Å². The van der Waals surface area contributed by atoms with Gasteiger partial charge in [-0.25, -0.2) is 9.97 Å². The van der Waals surface area contributed by atoms with E-state index in [2.05, 4.69) is 215 Å². The molecule has 0 aliphatic rings. The highest BCUT2D eigenvalue weighted by atomic mass is 16.5. The Morgan fingerprint density at radius 3 is 1.51 bits per heavy atom. The quantitative estimate of drug-likeness (QED) is 0.145. The number of fused-ring (bicyclic) bond motifs is 5. The molecular weight excluding hydrogens is 833 g/mol. The summed E-state index contributed by atoms with van der Waals surface area (Å²) >= 11 is 0. The second kappa shape index (κ2) is 16.3. The summed E-state index contributed by atoms with van der Waals surface area (Å²) in [6.45, 7) is 0. The highest BCUT2D eigenvalue weighted by Crippen LogP contribution is 2.44. The van der Waals surface area contributed by atoms with Crippen LogP contribution in [0, 0.1) is 0 Å². The Morgan fingerprint density at radius 2 is 0.868 bits per heavy atom. The maximum absolute atomic E-state index is 7.03. The van der Waals surface area contributed by atoms with E-state index in [1.165, 1.54) is 0 Å². The molecule has 0 saturated heterocycles. The third kappa shape index (κ3) is 6.74. The van der Waals surface area contributed by atoms with Crippen LogP contribution in [0.25, 0.3) is 112 Å². The summed E-state index contributed by atoms with van der Waals surface area (Å²) in [5, 5.41) is 1.91. The zero-order chi connectivity index (χ0) is 45.0. The Kier molecular flexibility index (Phi) is 9.39. The monoisotopic (exact) mass is 872 g/mol. The van der Waals surface area contributed by atoms with Crippen LogP contribution < -0.4 is 4.74 Å². The highest BCUT2D eigenvalue weighted by Gasteiger charge is 2.24. The topological polar surface area (TPSA) is 58.0 Å². The van der Waals surface area contributed by atoms with Gasteiger partial charge in [-0.3, -0.25) is 9.13 Å². The minimum absolute atomic E-state index is 0.650. The van der Waals surface area contributed by atoms with Gasteiger partial charge in [0.1, 0.15) is 34.3 Å². The molecule has 0 radical (unpaired) electrons. The maximum atomic E-state index is 7.03. The normalized spacial score (nSPS) is 11.5. The Morgan fingerprint density at radius 1 is 0.338 bits per heavy atom. The van der Waals surface area contributed by atoms with Crippen molar-refractivity contribution in [2.24, 2.45) is 0 Å². The van der Waals surface area contributed by atoms with Crippen LogP contribution in [0.2, 0.25) is 0 Å². The summed E-state index contributed by atoms with van der Waals surface area (Å²) < 4.78 is 18.5. The molecule has 0 bridgehead atoms. The second-order valence-electron chi connectivity index (χ2n) is 16.9. The van der Waals surface area contributed by atoms with Gasteiger partial charge in [0.25, 0.3) is 0 Å². The van der Waals surface area contributed by atoms with Crippen molar-refractivity contribution in [3.63, 3.8) is 0 Å². The van der Waals surface area contributed by atoms with Crippen LogP contribution in [-0.2, 0) is 0 Å². The molecule has 0 aliphatic heterocycles. The molecule has 3 aromatic heterocycles. The standard InChI is InChI=1S/C62H40N4O2/c1-4-19-41(20-5-1)44-35-36-50-51-39-47(67-46-26-18-25-45(37-46)61-63-53-29-12-16-33-57(53)65(61)55-31-14-10-27-48(55)42-21-6-2-7-22-42)40-52(60(51)68-59(50)38-44)62-64-54-30-13-17-34-58(54)66(62)56-32-15-11-28-49(56)43-23-8-3-9-24-43/h1-40H. The Balaban J connectivity index is 0.999. The molecule has 0 N–H and O–H groups in total. The molecular formula is C62H40N4O2. The number of benzene rings is 10. The van der Waals surface area contributed by atoms with E-state index in [4.69, 9.17) is 19.1 Å². The van der Waals surface area contributed by atoms with E-state index in [1.54, 1.807) is 0 Å². The number of ether oxygens (including phenoxy) is 1. The average Bonchev–Trinajstić information content (AvgIpc) is 4.11. The lowest BCUT2D eigenvalue weighted by atomic mass is 10.0. The number of hydrogen-bond donors (Lipinski definition) is 0. The first-order valence-corrected chi connectivity index (χ1v) is 22.8. The third-order valence-corrected chi connectivity index (χ3v) is 12.8. The van der Waals surface area contributed by atoms with Gasteiger partial charge in [-0.15, -0.1) is 0 Å². The minimum Gasteiger partial charge on any atom is -0.457 e. The highest BCUT2D eigenvalue weighted by molar-refractivity contribution is 6.11. The van der Waals surface area contributed by atoms with Gasteiger partial charge < -0.3 is 9.15 Å². The van der Waals surface area contributed by atoms with Crippen LogP contribution in [0.5, 0.6) is 11.5 Å². The molecule has 6 nitrogen and oxygen atoms in total. The first-order valence-electron chi connectivity index (χ1n) is 22.8. The van der Waals surface area contributed by atoms with E-state index in [-0.39, 0.29) is 0 Å². The van der Waals surface area contributed by atoms with Gasteiger partial charge in [0, 0.05) is 27.5 Å². The van der Waals surface area contributed by atoms with Gasteiger partial charge in [-0.2, -0.15) is 0 Å². The zero-order valence-electron chi connectivity index (χ0n) is 36.7. The number of para-hydroxylation sites is 6. The van der Waals surface area contributed by atoms with Crippen LogP contribution in [0.15, 0.2) is 247 Å². The molecule has 0 atom stereocenters. The number of imidazole rings is 2. The smallest absolute Gasteiger partial charge is 0.149 e. The van der Waals surface area contributed by atoms with Crippen LogP contribution >= 0.6 is 0 Å². The number of nitrogens with zero attached hydrogens (tertiary/aromatic N) is 4. The number of hydrogen-bond acceptors (Lipinski definition) is 4. The number of aromatic nitrogens is 4. The predicted octanol–water partition coefficient (Wildman–Crippen LogP) is 16.4. The van der Waals surface area contributed by atoms with Crippen molar-refractivity contribution in [3.05, 3.63) is 243 Å². The molecule has 0 saturated carbocycles. The first kappa shape index (κ1) is 39.1. The van der Waals surface area contributed by atoms with Crippen molar-refractivity contribution in [1.82, 2.24) is 19.1 Å². The van der Waals surface area contributed by atoms with Crippen molar-refractivity contribution in [2.45, 2.75) is 0 Å². The number of furan rings is 1. The van der Waals surface area contributed by atoms with Gasteiger partial charge in [-0.1, -0.05) is 170 Å². The summed E-state index contributed by atoms with van der Waals surface area (Å²) in [5.74, 6) is 2.88. The van der Waals surface area contributed by atoms with E-state index in [1.807, 2.05) is 36.4 Å². The molecule has 13 aromatic rings. The molecule has 6 heteroatoms. The fraction of sp³-hybridized carbons (Fsp3) is 0. The van der Waals surface area contributed by atoms with Crippen LogP contribution in [0.3, 0.4) is 0 Å². The third-order valence-electron chi connectivity index (χ3n) is 12.8. The van der Waals surface area contributed by atoms with E-state index in [0.29, 0.717) is 11.5 Å². The van der Waals surface area contributed by atoms with E-state index in [9.17, 15) is 0 Å². The van der Waals surface area contributed by atoms with Gasteiger partial charge in [0.15, 0.2) is 0 Å². The summed E-state index contributed by atoms with van der Waals surface area (Å²) in [6, 6.07) is 83.9. The van der Waals surface area contributed by atoms with E-state index >= 15 is 0 Å². The lowest BCUT2D eigenvalue weighted by Gasteiger charge is -2.16. The molecule has 68 heavy (non-hydrogen) atoms. The van der Waals surface area contributed by atoms with Crippen LogP contribution in [-0.4, -0.2) is 19.1 Å². The van der Waals surface area contributed by atoms with Crippen molar-refractivity contribution in [1.29, 1.82) is 0 Å². The van der Waals surface area contributed by atoms with Gasteiger partial charge in [0.05, 0.1) is 39.0 Å². The van der Waals surface area contributed by atoms with Gasteiger partial charge in [0.2, 0.25) is 0 Å². The molecule has 0 aliphatic carbocycles. The molecule has 3 heterocycles. The fourth-order valence-electron chi connectivity index (χ4n) is 9.70. The predicted molar refractivity (Wildman–Crippen MR) is 277 cm³/mol. The molecule has 10 aromatic carbocycles. The SMILES string of the molecule is c1ccc(-c2ccc3c(c2)oc2c(-c4nc5ccccc5n4-c4ccccc4-c4ccccc4)cc(Oc4cccc(-c5nc6ccccc6n5-c5ccccc5-c5ccccc5)c4)cc23)cc1. The fourth-order valence-corrected chi connectivity index (χ4v) is 9.70. The van der Waals surface area contributed by atoms with Gasteiger partial charge in [-0.05, 0) is 95.1 Å². The van der Waals surface area contributed by atoms with Crippen molar-refractivity contribution < 1.29 is 9.15 Å². The van der Waals surface area contributed by atoms with Crippen LogP contribution in [0.4, 0.5) is 0 Å². The average molecular weight is 873 g/mol. The summed E-state index contributed by atoms with van der Waals surface area (Å²) in [4.78, 5) is 10.7. The summed E-state index contributed by atoms with van der Waals surface area (Å²) in [5.41, 5.74) is 15.7. The lowest BCUT2D eigenvalue weighted by Crippen LogP contribution is -2.01. The second-order valence-corrected chi connectivity index (χ2v) is 16.9. The molecule has 0 fully saturated rings. The number of rotatable bonds is 9. The van der Waals surface area contributed by atoms with E-state index < -0.39 is 0 Å². The largest absolute Gasteiger partial charge is 0.457 e. The molecule has 13 rings (SSSR count). The first-order chi connectivity index (χ1) is 33.7. The maximum Gasteiger partial charge on any atom is 0.149 e. The van der Waals surface area contributed by atoms with E-state index in [0.717, 1.165) is 112 Å². The molecule has 0 amide bonds. The van der Waals surface area contributed by atoms with Crippen LogP contribution in [0.1, 0.15) is 0 Å². The Labute approximate surface area is 392 Å². The Hall–Kier alpha value is -9.26. The molecule has 320 valence electrons. The summed E-state index contributed by atoms with van der Waals surface area (Å²) in [7, 11) is 0. The molecule has 0 spiro atoms. The van der Waals surface area contributed by atoms with Gasteiger partial charge >= 0.3 is 0 Å². The Bertz CT molecular complexity index is 4000. The van der Waals surface area contributed by atoms with Crippen molar-refractivity contribution in [2.75, 3.05) is 0 Å². The minimum atomic E-state index is 0.650. The summed E-state index contributed by atoms with van der Waals surface area (Å²) in [6.07, 6.45) is 0. The molecule has 0 unspecified atom stereocenters. The van der Waals surface area contributed by atoms with Crippen molar-refractivity contribution >= 4 is 44.0 Å².